The molecule has 0 heterocycles. The molecule has 1 aromatic carbocycles. The van der Waals surface area contributed by atoms with Gasteiger partial charge in [0.25, 0.3) is 0 Å². The number of hydrogen-bond acceptors (Lipinski definition) is 3. The van der Waals surface area contributed by atoms with Gasteiger partial charge in [0.15, 0.2) is 0 Å². The molecule has 0 aliphatic heterocycles. The van der Waals surface area contributed by atoms with E-state index in [1.165, 1.54) is 41.7 Å². The summed E-state index contributed by atoms with van der Waals surface area (Å²) in [4.78, 5) is 1.44. The van der Waals surface area contributed by atoms with E-state index in [9.17, 15) is 0 Å². The first-order valence-corrected chi connectivity index (χ1v) is 8.13. The highest BCUT2D eigenvalue weighted by Crippen LogP contribution is 2.35. The maximum Gasteiger partial charge on any atom is 0.0587 e. The molecule has 0 amide bonds. The van der Waals surface area contributed by atoms with Gasteiger partial charge in [-0.1, -0.05) is 18.9 Å². The lowest BCUT2D eigenvalue weighted by Crippen LogP contribution is -2.19. The van der Waals surface area contributed by atoms with E-state index in [0.29, 0.717) is 0 Å². The first-order valence-electron chi connectivity index (χ1n) is 7.25. The van der Waals surface area contributed by atoms with Crippen molar-refractivity contribution in [3.05, 3.63) is 29.3 Å². The standard InChI is InChI=1S/C16H25NOS/c1-13-11-16(19-15-5-3-4-6-15)8-7-14(13)12-17-9-10-18-2/h7-8,11,15,17H,3-6,9-10,12H2,1-2H3. The fourth-order valence-electron chi connectivity index (χ4n) is 2.54. The largest absolute Gasteiger partial charge is 0.383 e. The monoisotopic (exact) mass is 279 g/mol. The summed E-state index contributed by atoms with van der Waals surface area (Å²) < 4.78 is 5.04. The molecular formula is C16H25NOS. The van der Waals surface area contributed by atoms with Crippen molar-refractivity contribution in [2.24, 2.45) is 0 Å². The quantitative estimate of drug-likeness (QED) is 0.768. The van der Waals surface area contributed by atoms with Crippen molar-refractivity contribution < 1.29 is 4.74 Å². The Morgan fingerprint density at radius 2 is 2.11 bits per heavy atom. The van der Waals surface area contributed by atoms with E-state index in [2.05, 4.69) is 42.2 Å². The molecule has 1 aliphatic carbocycles. The molecule has 19 heavy (non-hydrogen) atoms. The molecular weight excluding hydrogens is 254 g/mol. The van der Waals surface area contributed by atoms with Gasteiger partial charge in [-0.2, -0.15) is 0 Å². The van der Waals surface area contributed by atoms with E-state index in [1.54, 1.807) is 7.11 Å². The van der Waals surface area contributed by atoms with Gasteiger partial charge in [0.1, 0.15) is 0 Å². The van der Waals surface area contributed by atoms with Crippen LogP contribution in [-0.2, 0) is 11.3 Å². The summed E-state index contributed by atoms with van der Waals surface area (Å²) in [5, 5.41) is 4.26. The second-order valence-corrected chi connectivity index (χ2v) is 6.66. The Kier molecular flexibility index (Phi) is 6.21. The van der Waals surface area contributed by atoms with Gasteiger partial charge in [-0.05, 0) is 43.0 Å². The van der Waals surface area contributed by atoms with Gasteiger partial charge in [-0.3, -0.25) is 0 Å². The number of methoxy groups -OCH3 is 1. The predicted molar refractivity (Wildman–Crippen MR) is 82.9 cm³/mol. The van der Waals surface area contributed by atoms with Crippen LogP contribution in [0.25, 0.3) is 0 Å². The molecule has 0 saturated heterocycles. The Morgan fingerprint density at radius 1 is 1.32 bits per heavy atom. The number of thioether (sulfide) groups is 1. The molecule has 1 aliphatic rings. The van der Waals surface area contributed by atoms with Gasteiger partial charge < -0.3 is 10.1 Å². The lowest BCUT2D eigenvalue weighted by atomic mass is 10.1. The van der Waals surface area contributed by atoms with Crippen molar-refractivity contribution in [3.63, 3.8) is 0 Å². The Balaban J connectivity index is 1.85. The van der Waals surface area contributed by atoms with E-state index in [0.717, 1.165) is 24.9 Å². The third-order valence-electron chi connectivity index (χ3n) is 3.72. The average Bonchev–Trinajstić information content (AvgIpc) is 2.90. The van der Waals surface area contributed by atoms with Gasteiger partial charge in [-0.25, -0.2) is 0 Å². The third-order valence-corrected chi connectivity index (χ3v) is 5.05. The van der Waals surface area contributed by atoms with E-state index >= 15 is 0 Å². The zero-order chi connectivity index (χ0) is 13.5. The van der Waals surface area contributed by atoms with E-state index in [-0.39, 0.29) is 0 Å². The Bertz CT molecular complexity index is 388. The van der Waals surface area contributed by atoms with Crippen LogP contribution in [0, 0.1) is 6.92 Å². The highest BCUT2D eigenvalue weighted by Gasteiger charge is 2.16. The first kappa shape index (κ1) is 14.9. The van der Waals surface area contributed by atoms with Crippen molar-refractivity contribution in [3.8, 4) is 0 Å². The summed E-state index contributed by atoms with van der Waals surface area (Å²) >= 11 is 2.07. The molecule has 1 aromatic rings. The van der Waals surface area contributed by atoms with Crippen LogP contribution in [0.3, 0.4) is 0 Å². The van der Waals surface area contributed by atoms with Crippen LogP contribution in [0.2, 0.25) is 0 Å². The van der Waals surface area contributed by atoms with Gasteiger partial charge in [0, 0.05) is 30.3 Å². The van der Waals surface area contributed by atoms with Crippen LogP contribution in [0.5, 0.6) is 0 Å². The second kappa shape index (κ2) is 7.93. The summed E-state index contributed by atoms with van der Waals surface area (Å²) in [6, 6.07) is 6.89. The minimum atomic E-state index is 0.772. The minimum Gasteiger partial charge on any atom is -0.383 e. The van der Waals surface area contributed by atoms with Crippen molar-refractivity contribution in [2.45, 2.75) is 49.3 Å². The molecule has 0 unspecified atom stereocenters. The van der Waals surface area contributed by atoms with Gasteiger partial charge >= 0.3 is 0 Å². The van der Waals surface area contributed by atoms with E-state index < -0.39 is 0 Å². The van der Waals surface area contributed by atoms with Crippen molar-refractivity contribution in [1.29, 1.82) is 0 Å². The fourth-order valence-corrected chi connectivity index (χ4v) is 3.88. The van der Waals surface area contributed by atoms with Crippen molar-refractivity contribution in [2.75, 3.05) is 20.3 Å². The zero-order valence-electron chi connectivity index (χ0n) is 12.1. The maximum atomic E-state index is 5.04. The minimum absolute atomic E-state index is 0.772. The number of benzene rings is 1. The molecule has 0 radical (unpaired) electrons. The summed E-state index contributed by atoms with van der Waals surface area (Å²) in [7, 11) is 1.74. The smallest absolute Gasteiger partial charge is 0.0587 e. The molecule has 0 atom stereocenters. The molecule has 1 saturated carbocycles. The number of aryl methyl sites for hydroxylation is 1. The van der Waals surface area contributed by atoms with Crippen LogP contribution < -0.4 is 5.32 Å². The highest BCUT2D eigenvalue weighted by atomic mass is 32.2. The number of rotatable bonds is 7. The van der Waals surface area contributed by atoms with Crippen molar-refractivity contribution in [1.82, 2.24) is 5.32 Å². The van der Waals surface area contributed by atoms with Gasteiger partial charge in [0.2, 0.25) is 0 Å². The molecule has 0 spiro atoms. The summed E-state index contributed by atoms with van der Waals surface area (Å²) in [5.41, 5.74) is 2.79. The lowest BCUT2D eigenvalue weighted by Gasteiger charge is -2.12. The zero-order valence-corrected chi connectivity index (χ0v) is 12.9. The Morgan fingerprint density at radius 3 is 2.79 bits per heavy atom. The molecule has 3 heteroatoms. The number of nitrogens with one attached hydrogen (secondary N) is 1. The third kappa shape index (κ3) is 4.83. The van der Waals surface area contributed by atoms with E-state index in [1.807, 2.05) is 0 Å². The maximum absolute atomic E-state index is 5.04. The molecule has 2 rings (SSSR count). The molecule has 1 N–H and O–H groups in total. The van der Waals surface area contributed by atoms with Crippen molar-refractivity contribution >= 4 is 11.8 Å². The molecule has 1 fully saturated rings. The van der Waals surface area contributed by atoms with Crippen LogP contribution in [0.1, 0.15) is 36.8 Å². The van der Waals surface area contributed by atoms with Crippen LogP contribution in [0.4, 0.5) is 0 Å². The summed E-state index contributed by atoms with van der Waals surface area (Å²) in [6.07, 6.45) is 5.62. The first-order chi connectivity index (χ1) is 9.29. The fraction of sp³-hybridized carbons (Fsp3) is 0.625. The second-order valence-electron chi connectivity index (χ2n) is 5.28. The SMILES string of the molecule is COCCNCc1ccc(SC2CCCC2)cc1C. The molecule has 106 valence electrons. The molecule has 0 aromatic heterocycles. The predicted octanol–water partition coefficient (Wildman–Crippen LogP) is 3.77. The van der Waals surface area contributed by atoms with Crippen LogP contribution in [0.15, 0.2) is 23.1 Å². The average molecular weight is 279 g/mol. The van der Waals surface area contributed by atoms with E-state index in [4.69, 9.17) is 4.74 Å². The van der Waals surface area contributed by atoms with Crippen LogP contribution >= 0.6 is 11.8 Å². The topological polar surface area (TPSA) is 21.3 Å². The van der Waals surface area contributed by atoms with Crippen LogP contribution in [-0.4, -0.2) is 25.5 Å². The molecule has 0 bridgehead atoms. The Labute approximate surface area is 121 Å². The van der Waals surface area contributed by atoms with Gasteiger partial charge in [0.05, 0.1) is 6.61 Å². The highest BCUT2D eigenvalue weighted by molar-refractivity contribution is 8.00. The van der Waals surface area contributed by atoms with Gasteiger partial charge in [-0.15, -0.1) is 11.8 Å². The summed E-state index contributed by atoms with van der Waals surface area (Å²) in [6.45, 7) is 4.83. The Hall–Kier alpha value is -0.510. The number of hydrogen-bond donors (Lipinski definition) is 1. The molecule has 2 nitrogen and oxygen atoms in total. The lowest BCUT2D eigenvalue weighted by molar-refractivity contribution is 0.199. The summed E-state index contributed by atoms with van der Waals surface area (Å²) in [5.74, 6) is 0. The normalized spacial score (nSPS) is 16.1. The number of ether oxygens (including phenoxy) is 1.